The Morgan fingerprint density at radius 3 is 2.62 bits per heavy atom. The molecule has 1 fully saturated rings. The van der Waals surface area contributed by atoms with Gasteiger partial charge in [-0.05, 0) is 42.2 Å². The minimum absolute atomic E-state index is 0.174. The Morgan fingerprint density at radius 1 is 1.12 bits per heavy atom. The molecule has 3 aromatic rings. The molecule has 0 spiro atoms. The smallest absolute Gasteiger partial charge is 0.262 e. The van der Waals surface area contributed by atoms with Crippen LogP contribution in [0.2, 0.25) is 0 Å². The van der Waals surface area contributed by atoms with Gasteiger partial charge in [0.1, 0.15) is 5.75 Å². The summed E-state index contributed by atoms with van der Waals surface area (Å²) in [6.45, 7) is 0. The molecule has 0 saturated heterocycles. The lowest BCUT2D eigenvalue weighted by molar-refractivity contribution is 0.415. The van der Waals surface area contributed by atoms with Gasteiger partial charge in [0.25, 0.3) is 5.56 Å². The quantitative estimate of drug-likeness (QED) is 0.749. The van der Waals surface area contributed by atoms with Crippen molar-refractivity contribution in [3.63, 3.8) is 0 Å². The molecule has 1 saturated carbocycles. The summed E-state index contributed by atoms with van der Waals surface area (Å²) in [6.07, 6.45) is 7.64. The lowest BCUT2D eigenvalue weighted by Gasteiger charge is -2.22. The van der Waals surface area contributed by atoms with E-state index in [0.717, 1.165) is 29.7 Å². The molecule has 0 unspecified atom stereocenters. The number of aromatic nitrogens is 3. The summed E-state index contributed by atoms with van der Waals surface area (Å²) in [7, 11) is 1.63. The van der Waals surface area contributed by atoms with Gasteiger partial charge < -0.3 is 10.1 Å². The van der Waals surface area contributed by atoms with Gasteiger partial charge in [-0.2, -0.15) is 4.98 Å². The predicted octanol–water partition coefficient (Wildman–Crippen LogP) is 3.74. The number of methoxy groups -OCH3 is 1. The fourth-order valence-electron chi connectivity index (χ4n) is 3.58. The topological polar surface area (TPSA) is 79.9 Å². The van der Waals surface area contributed by atoms with Crippen molar-refractivity contribution in [3.05, 3.63) is 46.9 Å². The zero-order chi connectivity index (χ0) is 17.9. The number of hydrogen-bond acceptors (Lipinski definition) is 5. The molecule has 0 aliphatic heterocycles. The SMILES string of the molecule is COc1ccc(-c2ccnc3nc(NC4CCCCC4)[nH]c(=O)c23)cc1. The number of fused-ring (bicyclic) bond motifs is 1. The maximum atomic E-state index is 12.8. The molecule has 1 aromatic carbocycles. The third-order valence-electron chi connectivity index (χ3n) is 4.95. The Bertz CT molecular complexity index is 960. The number of hydrogen-bond donors (Lipinski definition) is 2. The fourth-order valence-corrected chi connectivity index (χ4v) is 3.58. The number of nitrogens with one attached hydrogen (secondary N) is 2. The van der Waals surface area contributed by atoms with Crippen molar-refractivity contribution in [1.82, 2.24) is 15.0 Å². The Labute approximate surface area is 151 Å². The highest BCUT2D eigenvalue weighted by molar-refractivity contribution is 5.92. The first kappa shape index (κ1) is 16.6. The Hall–Kier alpha value is -2.89. The molecule has 6 nitrogen and oxygen atoms in total. The molecule has 134 valence electrons. The van der Waals surface area contributed by atoms with Crippen LogP contribution in [0.3, 0.4) is 0 Å². The van der Waals surface area contributed by atoms with Gasteiger partial charge in [-0.1, -0.05) is 31.4 Å². The van der Waals surface area contributed by atoms with Crippen LogP contribution in [0.4, 0.5) is 5.95 Å². The lowest BCUT2D eigenvalue weighted by atomic mass is 9.96. The van der Waals surface area contributed by atoms with Gasteiger partial charge in [0.2, 0.25) is 5.95 Å². The summed E-state index contributed by atoms with van der Waals surface area (Å²) in [5.74, 6) is 1.28. The summed E-state index contributed by atoms with van der Waals surface area (Å²) in [4.78, 5) is 24.5. The molecule has 0 amide bonds. The number of anilines is 1. The van der Waals surface area contributed by atoms with Crippen molar-refractivity contribution in [3.8, 4) is 16.9 Å². The molecule has 2 heterocycles. The maximum absolute atomic E-state index is 12.8. The molecule has 6 heteroatoms. The second-order valence-electron chi connectivity index (χ2n) is 6.68. The highest BCUT2D eigenvalue weighted by atomic mass is 16.5. The van der Waals surface area contributed by atoms with Gasteiger partial charge in [-0.3, -0.25) is 9.78 Å². The van der Waals surface area contributed by atoms with Crippen molar-refractivity contribution in [2.75, 3.05) is 12.4 Å². The number of aromatic amines is 1. The fraction of sp³-hybridized carbons (Fsp3) is 0.350. The number of benzene rings is 1. The lowest BCUT2D eigenvalue weighted by Crippen LogP contribution is -2.25. The van der Waals surface area contributed by atoms with E-state index < -0.39 is 0 Å². The average Bonchev–Trinajstić information content (AvgIpc) is 2.68. The normalized spacial score (nSPS) is 15.1. The van der Waals surface area contributed by atoms with Crippen LogP contribution >= 0.6 is 0 Å². The van der Waals surface area contributed by atoms with Gasteiger partial charge in [0.15, 0.2) is 5.65 Å². The van der Waals surface area contributed by atoms with Gasteiger partial charge in [0.05, 0.1) is 12.5 Å². The predicted molar refractivity (Wildman–Crippen MR) is 103 cm³/mol. The monoisotopic (exact) mass is 350 g/mol. The van der Waals surface area contributed by atoms with Crippen LogP contribution in [-0.4, -0.2) is 28.1 Å². The number of ether oxygens (including phenoxy) is 1. The van der Waals surface area contributed by atoms with E-state index in [1.54, 1.807) is 13.3 Å². The maximum Gasteiger partial charge on any atom is 0.262 e. The molecule has 1 aliphatic carbocycles. The molecular formula is C20H22N4O2. The van der Waals surface area contributed by atoms with Gasteiger partial charge in [0, 0.05) is 12.2 Å². The van der Waals surface area contributed by atoms with E-state index in [1.807, 2.05) is 30.3 Å². The van der Waals surface area contributed by atoms with Crippen LogP contribution < -0.4 is 15.6 Å². The number of H-pyrrole nitrogens is 1. The Kier molecular flexibility index (Phi) is 4.56. The first-order valence-corrected chi connectivity index (χ1v) is 9.04. The molecular weight excluding hydrogens is 328 g/mol. The summed E-state index contributed by atoms with van der Waals surface area (Å²) < 4.78 is 5.20. The van der Waals surface area contributed by atoms with Crippen LogP contribution in [-0.2, 0) is 0 Å². The van der Waals surface area contributed by atoms with Crippen LogP contribution in [0.5, 0.6) is 5.75 Å². The van der Waals surface area contributed by atoms with E-state index in [4.69, 9.17) is 4.74 Å². The second kappa shape index (κ2) is 7.15. The second-order valence-corrected chi connectivity index (χ2v) is 6.68. The molecule has 4 rings (SSSR count). The van der Waals surface area contributed by atoms with E-state index in [-0.39, 0.29) is 5.56 Å². The molecule has 1 aliphatic rings. The minimum atomic E-state index is -0.174. The largest absolute Gasteiger partial charge is 0.497 e. The van der Waals surface area contributed by atoms with Crippen molar-refractivity contribution in [2.24, 2.45) is 0 Å². The molecule has 0 bridgehead atoms. The first-order valence-electron chi connectivity index (χ1n) is 9.04. The van der Waals surface area contributed by atoms with Crippen LogP contribution in [0.1, 0.15) is 32.1 Å². The molecule has 2 N–H and O–H groups in total. The van der Waals surface area contributed by atoms with Crippen LogP contribution in [0.15, 0.2) is 41.3 Å². The number of pyridine rings is 1. The molecule has 26 heavy (non-hydrogen) atoms. The zero-order valence-corrected chi connectivity index (χ0v) is 14.8. The molecule has 0 atom stereocenters. The van der Waals surface area contributed by atoms with Gasteiger partial charge >= 0.3 is 0 Å². The highest BCUT2D eigenvalue weighted by Crippen LogP contribution is 2.27. The van der Waals surface area contributed by atoms with Crippen molar-refractivity contribution in [2.45, 2.75) is 38.1 Å². The Balaban J connectivity index is 1.72. The zero-order valence-electron chi connectivity index (χ0n) is 14.8. The summed E-state index contributed by atoms with van der Waals surface area (Å²) in [5.41, 5.74) is 2.03. The van der Waals surface area contributed by atoms with Crippen molar-refractivity contribution >= 4 is 17.0 Å². The third kappa shape index (κ3) is 3.27. The van der Waals surface area contributed by atoms with E-state index in [2.05, 4.69) is 20.3 Å². The van der Waals surface area contributed by atoms with E-state index in [9.17, 15) is 4.79 Å². The third-order valence-corrected chi connectivity index (χ3v) is 4.95. The van der Waals surface area contributed by atoms with Crippen molar-refractivity contribution < 1.29 is 4.74 Å². The van der Waals surface area contributed by atoms with Crippen LogP contribution in [0, 0.1) is 0 Å². The van der Waals surface area contributed by atoms with Gasteiger partial charge in [-0.15, -0.1) is 0 Å². The summed E-state index contributed by atoms with van der Waals surface area (Å²) in [6, 6.07) is 9.83. The van der Waals surface area contributed by atoms with Crippen LogP contribution in [0.25, 0.3) is 22.2 Å². The first-order chi connectivity index (χ1) is 12.7. The average molecular weight is 350 g/mol. The number of nitrogens with zero attached hydrogens (tertiary/aromatic N) is 2. The number of rotatable bonds is 4. The summed E-state index contributed by atoms with van der Waals surface area (Å²) in [5, 5.41) is 3.87. The minimum Gasteiger partial charge on any atom is -0.497 e. The van der Waals surface area contributed by atoms with E-state index in [0.29, 0.717) is 23.0 Å². The summed E-state index contributed by atoms with van der Waals surface area (Å²) >= 11 is 0. The standard InChI is InChI=1S/C20H22N4O2/c1-26-15-9-7-13(8-10-15)16-11-12-21-18-17(16)19(25)24-20(23-18)22-14-5-3-2-4-6-14/h7-12,14H,2-6H2,1H3,(H2,21,22,23,24,25). The van der Waals surface area contributed by atoms with E-state index >= 15 is 0 Å². The van der Waals surface area contributed by atoms with Crippen molar-refractivity contribution in [1.29, 1.82) is 0 Å². The Morgan fingerprint density at radius 2 is 1.88 bits per heavy atom. The molecule has 0 radical (unpaired) electrons. The van der Waals surface area contributed by atoms with E-state index in [1.165, 1.54) is 19.3 Å². The highest BCUT2D eigenvalue weighted by Gasteiger charge is 2.16. The molecule has 2 aromatic heterocycles. The van der Waals surface area contributed by atoms with Gasteiger partial charge in [-0.25, -0.2) is 4.98 Å².